The summed E-state index contributed by atoms with van der Waals surface area (Å²) in [6.07, 6.45) is 12.3. The van der Waals surface area contributed by atoms with E-state index in [9.17, 15) is 4.79 Å². The molecule has 8 atom stereocenters. The summed E-state index contributed by atoms with van der Waals surface area (Å²) >= 11 is 0. The van der Waals surface area contributed by atoms with Gasteiger partial charge in [-0.1, -0.05) is 27.7 Å². The lowest BCUT2D eigenvalue weighted by molar-refractivity contribution is -0.150. The molecule has 4 aliphatic rings. The largest absolute Gasteiger partial charge is 0.465 e. The van der Waals surface area contributed by atoms with E-state index in [2.05, 4.69) is 27.7 Å². The van der Waals surface area contributed by atoms with Gasteiger partial charge < -0.3 is 4.74 Å². The molecule has 0 aromatic carbocycles. The highest BCUT2D eigenvalue weighted by Crippen LogP contribution is 2.68. The fourth-order valence-corrected chi connectivity index (χ4v) is 8.56. The third-order valence-corrected chi connectivity index (χ3v) is 9.74. The SMILES string of the molecule is CC(C)C1CCC2C3CC[C@H]4CC(OC=O)CCC4(C)C3CCC12C. The van der Waals surface area contributed by atoms with Crippen molar-refractivity contribution < 1.29 is 9.53 Å². The van der Waals surface area contributed by atoms with E-state index >= 15 is 0 Å². The van der Waals surface area contributed by atoms with Crippen LogP contribution in [0.1, 0.15) is 85.5 Å². The van der Waals surface area contributed by atoms with Gasteiger partial charge in [0.05, 0.1) is 0 Å². The zero-order chi connectivity index (χ0) is 17.8. The standard InChI is InChI=1S/C23H38O2/c1-15(2)19-7-8-20-18-6-5-16-13-17(25-14-24)9-11-22(16,3)21(18)10-12-23(19,20)4/h14-21H,5-13H2,1-4H3/t16-,17?,18?,19?,20?,21?,22?,23?/m0/s1. The second-order valence-corrected chi connectivity index (χ2v) is 10.8. The van der Waals surface area contributed by atoms with Crippen LogP contribution in [-0.2, 0) is 9.53 Å². The summed E-state index contributed by atoms with van der Waals surface area (Å²) in [7, 11) is 0. The molecule has 0 heterocycles. The molecule has 0 aliphatic heterocycles. The van der Waals surface area contributed by atoms with Crippen LogP contribution >= 0.6 is 0 Å². The van der Waals surface area contributed by atoms with Crippen LogP contribution in [0.2, 0.25) is 0 Å². The Morgan fingerprint density at radius 1 is 0.920 bits per heavy atom. The number of rotatable bonds is 3. The van der Waals surface area contributed by atoms with Gasteiger partial charge in [-0.15, -0.1) is 0 Å². The molecule has 0 saturated heterocycles. The maximum atomic E-state index is 10.8. The molecule has 0 aromatic rings. The molecule has 142 valence electrons. The van der Waals surface area contributed by atoms with E-state index in [-0.39, 0.29) is 6.10 Å². The van der Waals surface area contributed by atoms with Crippen LogP contribution in [-0.4, -0.2) is 12.6 Å². The van der Waals surface area contributed by atoms with E-state index in [1.807, 2.05) is 0 Å². The second-order valence-electron chi connectivity index (χ2n) is 10.8. The van der Waals surface area contributed by atoms with Crippen molar-refractivity contribution in [3.8, 4) is 0 Å². The molecule has 4 fully saturated rings. The molecule has 4 rings (SSSR count). The lowest BCUT2D eigenvalue weighted by atomic mass is 9.44. The normalized spacial score (nSPS) is 52.2. The van der Waals surface area contributed by atoms with Gasteiger partial charge in [0.1, 0.15) is 6.10 Å². The molecule has 7 unspecified atom stereocenters. The van der Waals surface area contributed by atoms with Crippen molar-refractivity contribution in [3.05, 3.63) is 0 Å². The van der Waals surface area contributed by atoms with Gasteiger partial charge >= 0.3 is 0 Å². The van der Waals surface area contributed by atoms with Crippen molar-refractivity contribution in [2.75, 3.05) is 0 Å². The van der Waals surface area contributed by atoms with Crippen LogP contribution < -0.4 is 0 Å². The molecule has 0 amide bonds. The molecule has 2 nitrogen and oxygen atoms in total. The lowest BCUT2D eigenvalue weighted by Gasteiger charge is -2.61. The molecule has 0 radical (unpaired) electrons. The monoisotopic (exact) mass is 346 g/mol. The third kappa shape index (κ3) is 2.60. The summed E-state index contributed by atoms with van der Waals surface area (Å²) < 4.78 is 5.36. The number of ether oxygens (including phenoxy) is 1. The van der Waals surface area contributed by atoms with Crippen LogP contribution in [0.25, 0.3) is 0 Å². The van der Waals surface area contributed by atoms with Crippen molar-refractivity contribution in [1.82, 2.24) is 0 Å². The summed E-state index contributed by atoms with van der Waals surface area (Å²) in [5.41, 5.74) is 1.11. The minimum Gasteiger partial charge on any atom is -0.465 e. The predicted octanol–water partition coefficient (Wildman–Crippen LogP) is 5.84. The molecular formula is C23H38O2. The van der Waals surface area contributed by atoms with Crippen LogP contribution in [0, 0.1) is 46.3 Å². The highest BCUT2D eigenvalue weighted by Gasteiger charge is 2.60. The van der Waals surface area contributed by atoms with Gasteiger partial charge in [0.2, 0.25) is 0 Å². The summed E-state index contributed by atoms with van der Waals surface area (Å²) in [5.74, 6) is 5.43. The van der Waals surface area contributed by atoms with Crippen molar-refractivity contribution in [2.45, 2.75) is 91.6 Å². The van der Waals surface area contributed by atoms with Crippen LogP contribution in [0.15, 0.2) is 0 Å². The zero-order valence-electron chi connectivity index (χ0n) is 16.8. The molecule has 25 heavy (non-hydrogen) atoms. The van der Waals surface area contributed by atoms with Gasteiger partial charge in [-0.3, -0.25) is 4.79 Å². The van der Waals surface area contributed by atoms with Crippen molar-refractivity contribution in [3.63, 3.8) is 0 Å². The first-order valence-corrected chi connectivity index (χ1v) is 11.0. The second kappa shape index (κ2) is 6.27. The van der Waals surface area contributed by atoms with Crippen molar-refractivity contribution in [2.24, 2.45) is 46.3 Å². The van der Waals surface area contributed by atoms with Gasteiger partial charge in [-0.25, -0.2) is 0 Å². The Labute approximate surface area is 154 Å². The Balaban J connectivity index is 1.55. The maximum Gasteiger partial charge on any atom is 0.293 e. The van der Waals surface area contributed by atoms with E-state index in [4.69, 9.17) is 4.74 Å². The fourth-order valence-electron chi connectivity index (χ4n) is 8.56. The number of carbonyl (C=O) groups is 1. The maximum absolute atomic E-state index is 10.8. The van der Waals surface area contributed by atoms with E-state index < -0.39 is 0 Å². The molecule has 4 aliphatic carbocycles. The van der Waals surface area contributed by atoms with Crippen LogP contribution in [0.3, 0.4) is 0 Å². The van der Waals surface area contributed by atoms with Gasteiger partial charge in [-0.05, 0) is 104 Å². The number of carbonyl (C=O) groups excluding carboxylic acids is 1. The smallest absolute Gasteiger partial charge is 0.293 e. The summed E-state index contributed by atoms with van der Waals surface area (Å²) in [6, 6.07) is 0. The van der Waals surface area contributed by atoms with Crippen LogP contribution in [0.5, 0.6) is 0 Å². The fraction of sp³-hybridized carbons (Fsp3) is 0.957. The lowest BCUT2D eigenvalue weighted by Crippen LogP contribution is -2.54. The first-order chi connectivity index (χ1) is 11.9. The van der Waals surface area contributed by atoms with E-state index in [1.165, 1.54) is 44.9 Å². The first kappa shape index (κ1) is 17.9. The Hall–Kier alpha value is -0.530. The Morgan fingerprint density at radius 2 is 1.64 bits per heavy atom. The van der Waals surface area contributed by atoms with Crippen molar-refractivity contribution >= 4 is 6.47 Å². The molecule has 4 saturated carbocycles. The quantitative estimate of drug-likeness (QED) is 0.600. The van der Waals surface area contributed by atoms with E-state index in [1.54, 1.807) is 0 Å². The average Bonchev–Trinajstić information content (AvgIpc) is 2.93. The average molecular weight is 347 g/mol. The van der Waals surface area contributed by atoms with E-state index in [0.717, 1.165) is 48.3 Å². The Kier molecular flexibility index (Phi) is 4.48. The van der Waals surface area contributed by atoms with Gasteiger partial charge in [-0.2, -0.15) is 0 Å². The molecule has 0 bridgehead atoms. The number of hydrogen-bond donors (Lipinski definition) is 0. The molecular weight excluding hydrogens is 308 g/mol. The molecule has 2 heteroatoms. The third-order valence-electron chi connectivity index (χ3n) is 9.74. The highest BCUT2D eigenvalue weighted by molar-refractivity contribution is 5.37. The first-order valence-electron chi connectivity index (χ1n) is 11.0. The minimum atomic E-state index is 0.192. The summed E-state index contributed by atoms with van der Waals surface area (Å²) in [6.45, 7) is 10.8. The minimum absolute atomic E-state index is 0.192. The number of fused-ring (bicyclic) bond motifs is 5. The van der Waals surface area contributed by atoms with Gasteiger partial charge in [0.25, 0.3) is 6.47 Å². The van der Waals surface area contributed by atoms with Crippen molar-refractivity contribution in [1.29, 1.82) is 0 Å². The molecule has 0 N–H and O–H groups in total. The summed E-state index contributed by atoms with van der Waals surface area (Å²) in [4.78, 5) is 10.8. The van der Waals surface area contributed by atoms with Gasteiger partial charge in [0.15, 0.2) is 0 Å². The predicted molar refractivity (Wildman–Crippen MR) is 101 cm³/mol. The van der Waals surface area contributed by atoms with E-state index in [0.29, 0.717) is 17.3 Å². The Bertz CT molecular complexity index is 514. The number of hydrogen-bond acceptors (Lipinski definition) is 2. The highest BCUT2D eigenvalue weighted by atomic mass is 16.5. The zero-order valence-corrected chi connectivity index (χ0v) is 16.8. The van der Waals surface area contributed by atoms with Gasteiger partial charge in [0, 0.05) is 0 Å². The molecule has 0 aromatic heterocycles. The van der Waals surface area contributed by atoms with Crippen LogP contribution in [0.4, 0.5) is 0 Å². The Morgan fingerprint density at radius 3 is 2.36 bits per heavy atom. The topological polar surface area (TPSA) is 26.3 Å². The summed E-state index contributed by atoms with van der Waals surface area (Å²) in [5, 5.41) is 0. The molecule has 0 spiro atoms.